The predicted octanol–water partition coefficient (Wildman–Crippen LogP) is 1.84. The maximum Gasteiger partial charge on any atom is 0.323 e. The Bertz CT molecular complexity index is 321. The Morgan fingerprint density at radius 2 is 2.17 bits per heavy atom. The van der Waals surface area contributed by atoms with Crippen LogP contribution in [0.3, 0.4) is 0 Å². The van der Waals surface area contributed by atoms with Crippen molar-refractivity contribution >= 4 is 5.97 Å². The van der Waals surface area contributed by atoms with Gasteiger partial charge >= 0.3 is 5.97 Å². The van der Waals surface area contributed by atoms with Gasteiger partial charge in [-0.25, -0.2) is 0 Å². The molecule has 4 heteroatoms. The summed E-state index contributed by atoms with van der Waals surface area (Å²) < 4.78 is 0. The fraction of sp³-hybridized carbons (Fsp3) is 0.929. The van der Waals surface area contributed by atoms with Crippen LogP contribution in [0.15, 0.2) is 0 Å². The standard InChI is InChI=1S/C14H26N2O2/c1-4-11-6-5-10(2)16(11)12-7-8-14(9-12,15-3)13(17)18/h10-12,15H,4-9H2,1-3H3,(H,17,18). The van der Waals surface area contributed by atoms with Crippen LogP contribution in [0.25, 0.3) is 0 Å². The first-order chi connectivity index (χ1) is 8.54. The molecular weight excluding hydrogens is 228 g/mol. The Morgan fingerprint density at radius 1 is 1.44 bits per heavy atom. The Morgan fingerprint density at radius 3 is 2.67 bits per heavy atom. The summed E-state index contributed by atoms with van der Waals surface area (Å²) in [6.45, 7) is 4.53. The van der Waals surface area contributed by atoms with Gasteiger partial charge < -0.3 is 10.4 Å². The molecule has 0 spiro atoms. The molecule has 2 aliphatic rings. The highest BCUT2D eigenvalue weighted by Crippen LogP contribution is 2.39. The van der Waals surface area contributed by atoms with Gasteiger partial charge in [0.1, 0.15) is 5.54 Å². The molecule has 0 bridgehead atoms. The summed E-state index contributed by atoms with van der Waals surface area (Å²) in [6.07, 6.45) is 6.22. The number of carboxylic acid groups (broad SMARTS) is 1. The molecule has 0 amide bonds. The van der Waals surface area contributed by atoms with Crippen LogP contribution in [0.4, 0.5) is 0 Å². The van der Waals surface area contributed by atoms with Crippen LogP contribution in [0.2, 0.25) is 0 Å². The van der Waals surface area contributed by atoms with E-state index in [-0.39, 0.29) is 0 Å². The van der Waals surface area contributed by atoms with Crippen molar-refractivity contribution in [3.8, 4) is 0 Å². The van der Waals surface area contributed by atoms with Gasteiger partial charge in [0.25, 0.3) is 0 Å². The molecule has 0 aromatic carbocycles. The number of carbonyl (C=O) groups is 1. The van der Waals surface area contributed by atoms with Crippen molar-refractivity contribution in [3.63, 3.8) is 0 Å². The third-order valence-electron chi connectivity index (χ3n) is 5.12. The maximum absolute atomic E-state index is 11.5. The number of nitrogens with zero attached hydrogens (tertiary/aromatic N) is 1. The monoisotopic (exact) mass is 254 g/mol. The van der Waals surface area contributed by atoms with Crippen LogP contribution in [0, 0.1) is 0 Å². The van der Waals surface area contributed by atoms with E-state index in [1.165, 1.54) is 19.3 Å². The predicted molar refractivity (Wildman–Crippen MR) is 71.7 cm³/mol. The molecule has 2 rings (SSSR count). The minimum Gasteiger partial charge on any atom is -0.480 e. The topological polar surface area (TPSA) is 52.6 Å². The van der Waals surface area contributed by atoms with Crippen LogP contribution < -0.4 is 5.32 Å². The average molecular weight is 254 g/mol. The molecule has 0 radical (unpaired) electrons. The van der Waals surface area contributed by atoms with Crippen molar-refractivity contribution in [2.75, 3.05) is 7.05 Å². The van der Waals surface area contributed by atoms with Gasteiger partial charge in [-0.05, 0) is 52.5 Å². The molecule has 1 aliphatic carbocycles. The van der Waals surface area contributed by atoms with E-state index in [1.54, 1.807) is 7.05 Å². The summed E-state index contributed by atoms with van der Waals surface area (Å²) in [7, 11) is 1.78. The van der Waals surface area contributed by atoms with Crippen LogP contribution in [0.5, 0.6) is 0 Å². The number of hydrogen-bond acceptors (Lipinski definition) is 3. The number of hydrogen-bond donors (Lipinski definition) is 2. The van der Waals surface area contributed by atoms with Crippen molar-refractivity contribution in [1.82, 2.24) is 10.2 Å². The van der Waals surface area contributed by atoms with Gasteiger partial charge in [0, 0.05) is 18.1 Å². The Labute approximate surface area is 110 Å². The lowest BCUT2D eigenvalue weighted by Crippen LogP contribution is -2.50. The summed E-state index contributed by atoms with van der Waals surface area (Å²) in [5.74, 6) is -0.688. The Kier molecular flexibility index (Phi) is 3.97. The largest absolute Gasteiger partial charge is 0.480 e. The summed E-state index contributed by atoms with van der Waals surface area (Å²) >= 11 is 0. The molecule has 1 heterocycles. The molecule has 0 aromatic rings. The van der Waals surface area contributed by atoms with Gasteiger partial charge in [-0.2, -0.15) is 0 Å². The zero-order valence-electron chi connectivity index (χ0n) is 11.8. The number of carboxylic acids is 1. The van der Waals surface area contributed by atoms with Crippen molar-refractivity contribution in [2.45, 2.75) is 76.0 Å². The lowest BCUT2D eigenvalue weighted by Gasteiger charge is -2.35. The molecule has 2 fully saturated rings. The summed E-state index contributed by atoms with van der Waals surface area (Å²) in [5, 5.41) is 12.5. The molecule has 104 valence electrons. The first-order valence-electron chi connectivity index (χ1n) is 7.24. The van der Waals surface area contributed by atoms with Crippen molar-refractivity contribution in [1.29, 1.82) is 0 Å². The quantitative estimate of drug-likeness (QED) is 0.804. The Hall–Kier alpha value is -0.610. The highest BCUT2D eigenvalue weighted by molar-refractivity contribution is 5.79. The van der Waals surface area contributed by atoms with E-state index in [0.29, 0.717) is 18.1 Å². The molecule has 1 saturated carbocycles. The molecular formula is C14H26N2O2. The summed E-state index contributed by atoms with van der Waals surface area (Å²) in [4.78, 5) is 14.1. The third-order valence-corrected chi connectivity index (χ3v) is 5.12. The van der Waals surface area contributed by atoms with Gasteiger partial charge in [0.05, 0.1) is 0 Å². The van der Waals surface area contributed by atoms with Gasteiger partial charge in [-0.15, -0.1) is 0 Å². The molecule has 1 aliphatic heterocycles. The first kappa shape index (κ1) is 13.8. The molecule has 2 N–H and O–H groups in total. The van der Waals surface area contributed by atoms with E-state index in [2.05, 4.69) is 24.1 Å². The van der Waals surface area contributed by atoms with E-state index in [0.717, 1.165) is 19.3 Å². The molecule has 4 nitrogen and oxygen atoms in total. The van der Waals surface area contributed by atoms with Crippen molar-refractivity contribution in [3.05, 3.63) is 0 Å². The Balaban J connectivity index is 2.10. The minimum absolute atomic E-state index is 0.441. The van der Waals surface area contributed by atoms with Gasteiger partial charge in [0.2, 0.25) is 0 Å². The van der Waals surface area contributed by atoms with Gasteiger partial charge in [-0.1, -0.05) is 6.92 Å². The molecule has 18 heavy (non-hydrogen) atoms. The number of likely N-dealkylation sites (N-methyl/N-ethyl adjacent to an activating group) is 1. The second-order valence-corrected chi connectivity index (χ2v) is 5.97. The van der Waals surface area contributed by atoms with Crippen LogP contribution in [-0.4, -0.2) is 46.7 Å². The van der Waals surface area contributed by atoms with Crippen LogP contribution >= 0.6 is 0 Å². The average Bonchev–Trinajstić information content (AvgIpc) is 2.92. The molecule has 0 aromatic heterocycles. The van der Waals surface area contributed by atoms with E-state index in [4.69, 9.17) is 0 Å². The zero-order valence-corrected chi connectivity index (χ0v) is 11.8. The fourth-order valence-electron chi connectivity index (χ4n) is 3.97. The van der Waals surface area contributed by atoms with Gasteiger partial charge in [0.15, 0.2) is 0 Å². The molecule has 4 unspecified atom stereocenters. The smallest absolute Gasteiger partial charge is 0.323 e. The van der Waals surface area contributed by atoms with Crippen LogP contribution in [0.1, 0.15) is 52.4 Å². The molecule has 1 saturated heterocycles. The first-order valence-corrected chi connectivity index (χ1v) is 7.24. The number of aliphatic carboxylic acids is 1. The highest BCUT2D eigenvalue weighted by Gasteiger charge is 2.48. The normalized spacial score (nSPS) is 41.4. The van der Waals surface area contributed by atoms with Crippen molar-refractivity contribution < 1.29 is 9.90 Å². The summed E-state index contributed by atoms with van der Waals surface area (Å²) in [5.41, 5.74) is -0.689. The number of nitrogens with one attached hydrogen (secondary N) is 1. The highest BCUT2D eigenvalue weighted by atomic mass is 16.4. The van der Waals surface area contributed by atoms with E-state index >= 15 is 0 Å². The van der Waals surface area contributed by atoms with E-state index in [9.17, 15) is 9.90 Å². The zero-order chi connectivity index (χ0) is 13.3. The van der Waals surface area contributed by atoms with E-state index < -0.39 is 11.5 Å². The van der Waals surface area contributed by atoms with Crippen molar-refractivity contribution in [2.24, 2.45) is 0 Å². The lowest BCUT2D eigenvalue weighted by molar-refractivity contribution is -0.144. The second-order valence-electron chi connectivity index (χ2n) is 5.97. The molecule has 4 atom stereocenters. The van der Waals surface area contributed by atoms with E-state index in [1.807, 2.05) is 0 Å². The fourth-order valence-corrected chi connectivity index (χ4v) is 3.97. The SMILES string of the molecule is CCC1CCC(C)N1C1CCC(NC)(C(=O)O)C1. The second kappa shape index (κ2) is 5.17. The van der Waals surface area contributed by atoms with Crippen LogP contribution in [-0.2, 0) is 4.79 Å². The van der Waals surface area contributed by atoms with Gasteiger partial charge in [-0.3, -0.25) is 9.69 Å². The third kappa shape index (κ3) is 2.16. The number of rotatable bonds is 4. The minimum atomic E-state index is -0.689. The maximum atomic E-state index is 11.5. The summed E-state index contributed by atoms with van der Waals surface area (Å²) in [6, 6.07) is 1.71. The lowest BCUT2D eigenvalue weighted by atomic mass is 9.97. The number of likely N-dealkylation sites (tertiary alicyclic amines) is 1.